The fourth-order valence-electron chi connectivity index (χ4n) is 1.64. The van der Waals surface area contributed by atoms with Crippen LogP contribution in [0.2, 0.25) is 0 Å². The topological polar surface area (TPSA) is 44.9 Å². The second kappa shape index (κ2) is 4.92. The maximum Gasteiger partial charge on any atom is 0.238 e. The Morgan fingerprint density at radius 2 is 2.12 bits per heavy atom. The number of rotatable bonds is 3. The molecule has 2 aromatic rings. The maximum absolute atomic E-state index is 11.9. The molecule has 0 bridgehead atoms. The Morgan fingerprint density at radius 3 is 2.82 bits per heavy atom. The molecule has 2 N–H and O–H groups in total. The van der Waals surface area contributed by atoms with Crippen molar-refractivity contribution in [2.45, 2.75) is 18.7 Å². The number of aromatic nitrogens is 1. The first-order valence-corrected chi connectivity index (χ1v) is 6.51. The molecule has 1 atom stereocenters. The predicted octanol–water partition coefficient (Wildman–Crippen LogP) is 3.53. The van der Waals surface area contributed by atoms with Crippen molar-refractivity contribution >= 4 is 38.4 Å². The highest BCUT2D eigenvalue weighted by Crippen LogP contribution is 2.20. The van der Waals surface area contributed by atoms with Crippen molar-refractivity contribution in [1.29, 1.82) is 0 Å². The lowest BCUT2D eigenvalue weighted by atomic mass is 10.1. The molecule has 0 spiro atoms. The number of fused-ring (bicyclic) bond motifs is 1. The minimum Gasteiger partial charge on any atom is -0.361 e. The normalized spacial score (nSPS) is 12.9. The molecule has 1 heterocycles. The summed E-state index contributed by atoms with van der Waals surface area (Å²) in [6.45, 7) is 4.02. The van der Waals surface area contributed by atoms with Gasteiger partial charge in [-0.05, 0) is 30.2 Å². The smallest absolute Gasteiger partial charge is 0.238 e. The SMILES string of the molecule is CC(C)C(Br)C(=O)Nc1ccc2[nH]ccc2c1. The molecule has 0 aliphatic rings. The van der Waals surface area contributed by atoms with Crippen LogP contribution in [-0.4, -0.2) is 15.7 Å². The van der Waals surface area contributed by atoms with E-state index >= 15 is 0 Å². The zero-order valence-electron chi connectivity index (χ0n) is 9.83. The van der Waals surface area contributed by atoms with Gasteiger partial charge in [0.15, 0.2) is 0 Å². The first kappa shape index (κ1) is 12.2. The van der Waals surface area contributed by atoms with Crippen LogP contribution in [0.25, 0.3) is 10.9 Å². The molecule has 90 valence electrons. The Balaban J connectivity index is 2.15. The lowest BCUT2D eigenvalue weighted by Gasteiger charge is -2.13. The van der Waals surface area contributed by atoms with Crippen molar-refractivity contribution < 1.29 is 4.79 Å². The molecule has 3 nitrogen and oxygen atoms in total. The molecule has 1 aromatic carbocycles. The summed E-state index contributed by atoms with van der Waals surface area (Å²) in [5, 5.41) is 4.00. The summed E-state index contributed by atoms with van der Waals surface area (Å²) in [6.07, 6.45) is 1.89. The van der Waals surface area contributed by atoms with Gasteiger partial charge in [0.05, 0.1) is 4.83 Å². The molecule has 2 rings (SSSR count). The number of amides is 1. The van der Waals surface area contributed by atoms with Gasteiger partial charge in [-0.1, -0.05) is 29.8 Å². The lowest BCUT2D eigenvalue weighted by Crippen LogP contribution is -2.26. The van der Waals surface area contributed by atoms with Gasteiger partial charge in [0, 0.05) is 22.8 Å². The average molecular weight is 295 g/mol. The van der Waals surface area contributed by atoms with Gasteiger partial charge in [-0.25, -0.2) is 0 Å². The van der Waals surface area contributed by atoms with Crippen LogP contribution < -0.4 is 5.32 Å². The summed E-state index contributed by atoms with van der Waals surface area (Å²) >= 11 is 3.39. The number of carbonyl (C=O) groups excluding carboxylic acids is 1. The molecule has 1 aromatic heterocycles. The van der Waals surface area contributed by atoms with Crippen LogP contribution in [0.5, 0.6) is 0 Å². The van der Waals surface area contributed by atoms with Crippen LogP contribution >= 0.6 is 15.9 Å². The van der Waals surface area contributed by atoms with Gasteiger partial charge in [0.2, 0.25) is 5.91 Å². The van der Waals surface area contributed by atoms with Crippen LogP contribution in [0, 0.1) is 5.92 Å². The van der Waals surface area contributed by atoms with Crippen LogP contribution in [0.3, 0.4) is 0 Å². The van der Waals surface area contributed by atoms with Crippen LogP contribution in [0.1, 0.15) is 13.8 Å². The van der Waals surface area contributed by atoms with E-state index in [4.69, 9.17) is 0 Å². The van der Waals surface area contributed by atoms with E-state index < -0.39 is 0 Å². The maximum atomic E-state index is 11.9. The molecule has 0 saturated heterocycles. The molecule has 0 radical (unpaired) electrons. The quantitative estimate of drug-likeness (QED) is 0.836. The molecular weight excluding hydrogens is 280 g/mol. The zero-order chi connectivity index (χ0) is 12.4. The standard InChI is InChI=1S/C13H15BrN2O/c1-8(2)12(14)13(17)16-10-3-4-11-9(7-10)5-6-15-11/h3-8,12,15H,1-2H3,(H,16,17). The van der Waals surface area contributed by atoms with E-state index in [1.165, 1.54) is 0 Å². The van der Waals surface area contributed by atoms with Crippen LogP contribution in [-0.2, 0) is 4.79 Å². The summed E-state index contributed by atoms with van der Waals surface area (Å²) in [5.41, 5.74) is 1.90. The van der Waals surface area contributed by atoms with Crippen LogP contribution in [0.4, 0.5) is 5.69 Å². The van der Waals surface area contributed by atoms with Crippen molar-refractivity contribution in [3.05, 3.63) is 30.5 Å². The van der Waals surface area contributed by atoms with E-state index in [-0.39, 0.29) is 16.7 Å². The third-order valence-electron chi connectivity index (χ3n) is 2.66. The van der Waals surface area contributed by atoms with Gasteiger partial charge in [0.25, 0.3) is 0 Å². The molecule has 0 fully saturated rings. The highest BCUT2D eigenvalue weighted by Gasteiger charge is 2.18. The largest absolute Gasteiger partial charge is 0.361 e. The summed E-state index contributed by atoms with van der Waals surface area (Å²) in [4.78, 5) is 14.8. The lowest BCUT2D eigenvalue weighted by molar-refractivity contribution is -0.116. The summed E-state index contributed by atoms with van der Waals surface area (Å²) in [6, 6.07) is 7.81. The second-order valence-corrected chi connectivity index (χ2v) is 5.40. The zero-order valence-corrected chi connectivity index (χ0v) is 11.4. The fourth-order valence-corrected chi connectivity index (χ4v) is 1.76. The van der Waals surface area contributed by atoms with Gasteiger partial charge >= 0.3 is 0 Å². The number of anilines is 1. The van der Waals surface area contributed by atoms with E-state index in [1.807, 2.05) is 44.3 Å². The number of alkyl halides is 1. The molecule has 4 heteroatoms. The van der Waals surface area contributed by atoms with E-state index in [0.29, 0.717) is 0 Å². The van der Waals surface area contributed by atoms with Crippen molar-refractivity contribution in [3.8, 4) is 0 Å². The molecule has 0 aliphatic carbocycles. The van der Waals surface area contributed by atoms with E-state index in [9.17, 15) is 4.79 Å². The molecular formula is C13H15BrN2O. The molecule has 17 heavy (non-hydrogen) atoms. The first-order valence-electron chi connectivity index (χ1n) is 5.60. The van der Waals surface area contributed by atoms with Crippen molar-refractivity contribution in [3.63, 3.8) is 0 Å². The molecule has 0 saturated carbocycles. The van der Waals surface area contributed by atoms with E-state index in [2.05, 4.69) is 26.2 Å². The minimum atomic E-state index is -0.163. The average Bonchev–Trinajstić information content (AvgIpc) is 2.74. The number of carbonyl (C=O) groups is 1. The van der Waals surface area contributed by atoms with E-state index in [1.54, 1.807) is 0 Å². The minimum absolute atomic E-state index is 0.00474. The monoisotopic (exact) mass is 294 g/mol. The third kappa shape index (κ3) is 2.69. The summed E-state index contributed by atoms with van der Waals surface area (Å²) in [7, 11) is 0. The van der Waals surface area contributed by atoms with Gasteiger partial charge < -0.3 is 10.3 Å². The van der Waals surface area contributed by atoms with Crippen molar-refractivity contribution in [2.75, 3.05) is 5.32 Å². The number of halogens is 1. The Kier molecular flexibility index (Phi) is 3.52. The van der Waals surface area contributed by atoms with E-state index in [0.717, 1.165) is 16.6 Å². The summed E-state index contributed by atoms with van der Waals surface area (Å²) in [5.74, 6) is 0.265. The number of H-pyrrole nitrogens is 1. The van der Waals surface area contributed by atoms with Crippen LogP contribution in [0.15, 0.2) is 30.5 Å². The Morgan fingerprint density at radius 1 is 1.35 bits per heavy atom. The number of aromatic amines is 1. The number of hydrogen-bond acceptors (Lipinski definition) is 1. The number of nitrogens with one attached hydrogen (secondary N) is 2. The Bertz CT molecular complexity index is 533. The molecule has 0 aliphatic heterocycles. The van der Waals surface area contributed by atoms with Gasteiger partial charge in [0.1, 0.15) is 0 Å². The van der Waals surface area contributed by atoms with Gasteiger partial charge in [-0.3, -0.25) is 4.79 Å². The van der Waals surface area contributed by atoms with Crippen molar-refractivity contribution in [2.24, 2.45) is 5.92 Å². The highest BCUT2D eigenvalue weighted by atomic mass is 79.9. The predicted molar refractivity (Wildman–Crippen MR) is 74.5 cm³/mol. The fraction of sp³-hybridized carbons (Fsp3) is 0.308. The third-order valence-corrected chi connectivity index (χ3v) is 4.13. The van der Waals surface area contributed by atoms with Gasteiger partial charge in [-0.2, -0.15) is 0 Å². The van der Waals surface area contributed by atoms with Gasteiger partial charge in [-0.15, -0.1) is 0 Å². The second-order valence-electron chi connectivity index (χ2n) is 4.41. The Hall–Kier alpha value is -1.29. The molecule has 1 amide bonds. The first-order chi connectivity index (χ1) is 8.08. The number of hydrogen-bond donors (Lipinski definition) is 2. The molecule has 1 unspecified atom stereocenters. The number of benzene rings is 1. The summed E-state index contributed by atoms with van der Waals surface area (Å²) < 4.78 is 0. The Labute approximate surface area is 109 Å². The highest BCUT2D eigenvalue weighted by molar-refractivity contribution is 9.10. The van der Waals surface area contributed by atoms with Crippen molar-refractivity contribution in [1.82, 2.24) is 4.98 Å².